The highest BCUT2D eigenvalue weighted by molar-refractivity contribution is 5.75. The molecule has 3 rings (SSSR count). The summed E-state index contributed by atoms with van der Waals surface area (Å²) in [7, 11) is 2.13. The summed E-state index contributed by atoms with van der Waals surface area (Å²) >= 11 is 0. The highest BCUT2D eigenvalue weighted by atomic mass is 15.1. The molecule has 0 bridgehead atoms. The van der Waals surface area contributed by atoms with Crippen LogP contribution in [-0.2, 0) is 6.54 Å². The van der Waals surface area contributed by atoms with Gasteiger partial charge in [-0.05, 0) is 44.5 Å². The molecular formula is C14H20N4. The molecule has 1 heterocycles. The minimum Gasteiger partial charge on any atom is -0.342 e. The van der Waals surface area contributed by atoms with Gasteiger partial charge in [-0.3, -0.25) is 0 Å². The van der Waals surface area contributed by atoms with Crippen LogP contribution in [-0.4, -0.2) is 34.0 Å². The van der Waals surface area contributed by atoms with Gasteiger partial charge in [0.1, 0.15) is 5.82 Å². The van der Waals surface area contributed by atoms with E-state index in [0.717, 1.165) is 42.8 Å². The average Bonchev–Trinajstić information content (AvgIpc) is 2.88. The highest BCUT2D eigenvalue weighted by Gasteiger charge is 2.38. The van der Waals surface area contributed by atoms with Gasteiger partial charge in [-0.1, -0.05) is 6.07 Å². The third kappa shape index (κ3) is 2.40. The quantitative estimate of drug-likeness (QED) is 0.862. The Morgan fingerprint density at radius 1 is 1.44 bits per heavy atom. The maximum absolute atomic E-state index is 6.14. The van der Waals surface area contributed by atoms with E-state index in [1.54, 1.807) is 0 Å². The summed E-state index contributed by atoms with van der Waals surface area (Å²) in [5.74, 6) is 0.967. The van der Waals surface area contributed by atoms with Crippen molar-refractivity contribution >= 4 is 11.0 Å². The van der Waals surface area contributed by atoms with Gasteiger partial charge in [-0.25, -0.2) is 4.98 Å². The van der Waals surface area contributed by atoms with Crippen molar-refractivity contribution in [3.8, 4) is 0 Å². The molecule has 0 unspecified atom stereocenters. The van der Waals surface area contributed by atoms with E-state index in [1.165, 1.54) is 5.56 Å². The van der Waals surface area contributed by atoms with Crippen LogP contribution in [0.1, 0.15) is 24.2 Å². The summed E-state index contributed by atoms with van der Waals surface area (Å²) in [4.78, 5) is 9.99. The van der Waals surface area contributed by atoms with E-state index in [-0.39, 0.29) is 5.54 Å². The number of H-pyrrole nitrogens is 1. The van der Waals surface area contributed by atoms with Crippen molar-refractivity contribution in [3.63, 3.8) is 0 Å². The van der Waals surface area contributed by atoms with Gasteiger partial charge in [0, 0.05) is 18.6 Å². The largest absolute Gasteiger partial charge is 0.342 e. The van der Waals surface area contributed by atoms with Crippen molar-refractivity contribution in [1.29, 1.82) is 0 Å². The van der Waals surface area contributed by atoms with Crippen LogP contribution in [0.4, 0.5) is 0 Å². The maximum atomic E-state index is 6.14. The van der Waals surface area contributed by atoms with E-state index in [0.29, 0.717) is 0 Å². The van der Waals surface area contributed by atoms with E-state index in [1.807, 2.05) is 6.92 Å². The Bertz CT molecular complexity index is 568. The topological polar surface area (TPSA) is 57.9 Å². The number of likely N-dealkylation sites (N-methyl/N-ethyl adjacent to an activating group) is 1. The molecule has 2 aromatic rings. The number of benzene rings is 1. The molecule has 0 saturated heterocycles. The van der Waals surface area contributed by atoms with Gasteiger partial charge in [-0.2, -0.15) is 0 Å². The number of nitrogens with two attached hydrogens (primary N) is 1. The third-order valence-corrected chi connectivity index (χ3v) is 3.59. The minimum absolute atomic E-state index is 0.0867. The van der Waals surface area contributed by atoms with Crippen molar-refractivity contribution < 1.29 is 0 Å². The van der Waals surface area contributed by atoms with Gasteiger partial charge in [0.2, 0.25) is 0 Å². The Morgan fingerprint density at radius 3 is 2.94 bits per heavy atom. The fourth-order valence-corrected chi connectivity index (χ4v) is 2.51. The normalized spacial score (nSPS) is 17.6. The fourth-order valence-electron chi connectivity index (χ4n) is 2.51. The van der Waals surface area contributed by atoms with Crippen LogP contribution in [0.5, 0.6) is 0 Å². The SMILES string of the molecule is Cc1nc2ccc(CN(C)CC3(N)CC3)cc2[nH]1. The molecule has 0 amide bonds. The van der Waals surface area contributed by atoms with E-state index in [4.69, 9.17) is 5.73 Å². The first kappa shape index (κ1) is 11.7. The fraction of sp³-hybridized carbons (Fsp3) is 0.500. The van der Waals surface area contributed by atoms with Crippen LogP contribution in [0.2, 0.25) is 0 Å². The Morgan fingerprint density at radius 2 is 2.22 bits per heavy atom. The standard InChI is InChI=1S/C14H20N4/c1-10-16-12-4-3-11(7-13(12)17-10)8-18(2)9-14(15)5-6-14/h3-4,7H,5-6,8-9,15H2,1-2H3,(H,16,17). The van der Waals surface area contributed by atoms with Gasteiger partial charge in [0.15, 0.2) is 0 Å². The molecule has 1 aliphatic rings. The van der Waals surface area contributed by atoms with Gasteiger partial charge < -0.3 is 15.6 Å². The van der Waals surface area contributed by atoms with E-state index in [2.05, 4.69) is 40.1 Å². The number of nitrogens with zero attached hydrogens (tertiary/aromatic N) is 2. The lowest BCUT2D eigenvalue weighted by Gasteiger charge is -2.20. The third-order valence-electron chi connectivity index (χ3n) is 3.59. The van der Waals surface area contributed by atoms with Crippen molar-refractivity contribution in [1.82, 2.24) is 14.9 Å². The van der Waals surface area contributed by atoms with Crippen molar-refractivity contribution in [2.75, 3.05) is 13.6 Å². The Labute approximate surface area is 107 Å². The Kier molecular flexibility index (Phi) is 2.64. The molecule has 96 valence electrons. The zero-order valence-electron chi connectivity index (χ0n) is 11.0. The first-order chi connectivity index (χ1) is 8.54. The van der Waals surface area contributed by atoms with Crippen LogP contribution in [0, 0.1) is 6.92 Å². The zero-order valence-corrected chi connectivity index (χ0v) is 11.0. The second kappa shape index (κ2) is 4.07. The summed E-state index contributed by atoms with van der Waals surface area (Å²) in [6.45, 7) is 3.90. The molecule has 18 heavy (non-hydrogen) atoms. The van der Waals surface area contributed by atoms with Crippen LogP contribution in [0.25, 0.3) is 11.0 Å². The number of nitrogens with one attached hydrogen (secondary N) is 1. The second-order valence-electron chi connectivity index (χ2n) is 5.71. The molecule has 1 aromatic carbocycles. The summed E-state index contributed by atoms with van der Waals surface area (Å²) in [6, 6.07) is 6.41. The predicted octanol–water partition coefficient (Wildman–Crippen LogP) is 1.79. The lowest BCUT2D eigenvalue weighted by Crippen LogP contribution is -2.36. The van der Waals surface area contributed by atoms with Crippen LogP contribution in [0.15, 0.2) is 18.2 Å². The molecule has 3 N–H and O–H groups in total. The van der Waals surface area contributed by atoms with Gasteiger partial charge in [0.05, 0.1) is 11.0 Å². The Hall–Kier alpha value is -1.39. The molecular weight excluding hydrogens is 224 g/mol. The second-order valence-corrected chi connectivity index (χ2v) is 5.71. The maximum Gasteiger partial charge on any atom is 0.104 e. The number of fused-ring (bicyclic) bond motifs is 1. The number of hydrogen-bond acceptors (Lipinski definition) is 3. The number of aryl methyl sites for hydroxylation is 1. The molecule has 0 atom stereocenters. The minimum atomic E-state index is 0.0867. The van der Waals surface area contributed by atoms with Crippen molar-refractivity contribution in [2.45, 2.75) is 31.8 Å². The predicted molar refractivity (Wildman–Crippen MR) is 73.3 cm³/mol. The summed E-state index contributed by atoms with van der Waals surface area (Å²) in [6.07, 6.45) is 2.33. The number of aromatic amines is 1. The molecule has 1 fully saturated rings. The van der Waals surface area contributed by atoms with E-state index >= 15 is 0 Å². The molecule has 0 radical (unpaired) electrons. The monoisotopic (exact) mass is 244 g/mol. The molecule has 4 nitrogen and oxygen atoms in total. The number of hydrogen-bond donors (Lipinski definition) is 2. The van der Waals surface area contributed by atoms with Gasteiger partial charge in [-0.15, -0.1) is 0 Å². The molecule has 1 aliphatic carbocycles. The van der Waals surface area contributed by atoms with E-state index in [9.17, 15) is 0 Å². The summed E-state index contributed by atoms with van der Waals surface area (Å²) in [5.41, 5.74) is 9.68. The van der Waals surface area contributed by atoms with Crippen LogP contribution in [0.3, 0.4) is 0 Å². The van der Waals surface area contributed by atoms with E-state index < -0.39 is 0 Å². The molecule has 0 spiro atoms. The lowest BCUT2D eigenvalue weighted by molar-refractivity contribution is 0.296. The summed E-state index contributed by atoms with van der Waals surface area (Å²) in [5, 5.41) is 0. The first-order valence-corrected chi connectivity index (χ1v) is 6.47. The number of rotatable bonds is 4. The van der Waals surface area contributed by atoms with Crippen molar-refractivity contribution in [2.24, 2.45) is 5.73 Å². The smallest absolute Gasteiger partial charge is 0.104 e. The number of aromatic nitrogens is 2. The molecule has 1 saturated carbocycles. The zero-order chi connectivity index (χ0) is 12.8. The van der Waals surface area contributed by atoms with Crippen LogP contribution < -0.4 is 5.73 Å². The lowest BCUT2D eigenvalue weighted by atomic mass is 10.2. The first-order valence-electron chi connectivity index (χ1n) is 6.47. The molecule has 0 aliphatic heterocycles. The molecule has 1 aromatic heterocycles. The molecule has 4 heteroatoms. The van der Waals surface area contributed by atoms with Gasteiger partial charge >= 0.3 is 0 Å². The Balaban J connectivity index is 1.73. The summed E-state index contributed by atoms with van der Waals surface area (Å²) < 4.78 is 0. The number of imidazole rings is 1. The van der Waals surface area contributed by atoms with Crippen molar-refractivity contribution in [3.05, 3.63) is 29.6 Å². The highest BCUT2D eigenvalue weighted by Crippen LogP contribution is 2.32. The average molecular weight is 244 g/mol. The van der Waals surface area contributed by atoms with Gasteiger partial charge in [0.25, 0.3) is 0 Å². The van der Waals surface area contributed by atoms with Crippen LogP contribution >= 0.6 is 0 Å².